The van der Waals surface area contributed by atoms with Gasteiger partial charge in [0.15, 0.2) is 0 Å². The van der Waals surface area contributed by atoms with Crippen LogP contribution in [0.15, 0.2) is 48.1 Å². The predicted octanol–water partition coefficient (Wildman–Crippen LogP) is 4.44. The molecule has 3 aromatic rings. The first kappa shape index (κ1) is 25.5. The molecule has 0 spiro atoms. The number of anilines is 2. The van der Waals surface area contributed by atoms with E-state index in [1.807, 2.05) is 31.2 Å². The first-order valence-electron chi connectivity index (χ1n) is 10.9. The van der Waals surface area contributed by atoms with Gasteiger partial charge in [0.05, 0.1) is 18.2 Å². The Hall–Kier alpha value is -3.08. The number of hydrogen-bond acceptors (Lipinski definition) is 8. The van der Waals surface area contributed by atoms with Crippen LogP contribution in [0.3, 0.4) is 0 Å². The second kappa shape index (κ2) is 12.4. The number of nitrogens with one attached hydrogen (secondary N) is 2. The first-order valence-corrected chi connectivity index (χ1v) is 11.8. The fraction of sp³-hybridized carbons (Fsp3) is 0.348. The molecule has 0 bridgehead atoms. The van der Waals surface area contributed by atoms with E-state index in [-0.39, 0.29) is 24.3 Å². The van der Waals surface area contributed by atoms with E-state index in [1.54, 1.807) is 23.8 Å². The van der Waals surface area contributed by atoms with Crippen molar-refractivity contribution in [2.24, 2.45) is 5.92 Å². The number of pyridine rings is 2. The number of rotatable bonds is 7. The van der Waals surface area contributed by atoms with Crippen molar-refractivity contribution in [3.05, 3.63) is 53.8 Å². The summed E-state index contributed by atoms with van der Waals surface area (Å²) in [4.78, 5) is 39.7. The smallest absolute Gasteiger partial charge is 0.326 e. The molecule has 0 saturated carbocycles. The summed E-state index contributed by atoms with van der Waals surface area (Å²) in [6, 6.07) is 8.84. The summed E-state index contributed by atoms with van der Waals surface area (Å²) in [5.74, 6) is 0.699. The van der Waals surface area contributed by atoms with Crippen LogP contribution in [0.2, 0.25) is 0 Å². The van der Waals surface area contributed by atoms with Crippen molar-refractivity contribution in [2.75, 3.05) is 30.3 Å². The lowest BCUT2D eigenvalue weighted by molar-refractivity contribution is -0.150. The van der Waals surface area contributed by atoms with Gasteiger partial charge in [-0.2, -0.15) is 0 Å². The molecule has 9 nitrogen and oxygen atoms in total. The Morgan fingerprint density at radius 1 is 1.15 bits per heavy atom. The van der Waals surface area contributed by atoms with Gasteiger partial charge in [-0.15, -0.1) is 23.7 Å². The lowest BCUT2D eigenvalue weighted by Crippen LogP contribution is -2.39. The molecule has 4 rings (SSSR count). The molecule has 1 aliphatic heterocycles. The number of amides is 2. The molecule has 1 atom stereocenters. The summed E-state index contributed by atoms with van der Waals surface area (Å²) in [7, 11) is 0. The average Bonchev–Trinajstić information content (AvgIpc) is 3.28. The van der Waals surface area contributed by atoms with Crippen LogP contribution in [-0.2, 0) is 16.1 Å². The van der Waals surface area contributed by atoms with E-state index in [0.29, 0.717) is 31.3 Å². The number of aromatic nitrogens is 3. The lowest BCUT2D eigenvalue weighted by Gasteiger charge is -2.31. The highest BCUT2D eigenvalue weighted by atomic mass is 35.5. The molecule has 2 amide bonds. The van der Waals surface area contributed by atoms with E-state index >= 15 is 0 Å². The Balaban J connectivity index is 0.00000324. The topological polar surface area (TPSA) is 109 Å². The SMILES string of the molecule is CCOC(=O)C1CCCN(Cc2cccc(NC(=O)Nc3csc(-c4ccncc4)n3)n2)C1.Cl. The molecule has 3 aromatic heterocycles. The molecule has 0 radical (unpaired) electrons. The van der Waals surface area contributed by atoms with Crippen molar-refractivity contribution in [1.29, 1.82) is 0 Å². The maximum absolute atomic E-state index is 12.4. The second-order valence-electron chi connectivity index (χ2n) is 7.69. The Bertz CT molecular complexity index is 1100. The number of thiazole rings is 1. The number of likely N-dealkylation sites (tertiary alicyclic amines) is 1. The van der Waals surface area contributed by atoms with Gasteiger partial charge in [-0.1, -0.05) is 6.07 Å². The summed E-state index contributed by atoms with van der Waals surface area (Å²) < 4.78 is 5.18. The molecule has 2 N–H and O–H groups in total. The zero-order valence-electron chi connectivity index (χ0n) is 18.8. The Morgan fingerprint density at radius 3 is 2.74 bits per heavy atom. The van der Waals surface area contributed by atoms with E-state index < -0.39 is 6.03 Å². The first-order chi connectivity index (χ1) is 16.1. The van der Waals surface area contributed by atoms with Crippen LogP contribution < -0.4 is 10.6 Å². The molecular weight excluding hydrogens is 476 g/mol. The van der Waals surface area contributed by atoms with E-state index in [1.165, 1.54) is 11.3 Å². The van der Waals surface area contributed by atoms with Crippen molar-refractivity contribution < 1.29 is 14.3 Å². The maximum Gasteiger partial charge on any atom is 0.326 e. The van der Waals surface area contributed by atoms with Crippen molar-refractivity contribution in [3.8, 4) is 10.6 Å². The largest absolute Gasteiger partial charge is 0.466 e. The highest BCUT2D eigenvalue weighted by molar-refractivity contribution is 7.13. The minimum absolute atomic E-state index is 0. The number of piperidine rings is 1. The number of urea groups is 1. The third-order valence-electron chi connectivity index (χ3n) is 5.23. The van der Waals surface area contributed by atoms with Crippen LogP contribution in [0.25, 0.3) is 10.6 Å². The van der Waals surface area contributed by atoms with Crippen LogP contribution in [-0.4, -0.2) is 51.5 Å². The summed E-state index contributed by atoms with van der Waals surface area (Å²) >= 11 is 1.44. The molecule has 0 aromatic carbocycles. The lowest BCUT2D eigenvalue weighted by atomic mass is 9.98. The van der Waals surface area contributed by atoms with Crippen molar-refractivity contribution >= 4 is 47.4 Å². The van der Waals surface area contributed by atoms with Crippen LogP contribution in [0.5, 0.6) is 0 Å². The molecular formula is C23H27ClN6O3S. The van der Waals surface area contributed by atoms with E-state index in [9.17, 15) is 9.59 Å². The Kier molecular flexibility index (Phi) is 9.32. The Labute approximate surface area is 208 Å². The monoisotopic (exact) mass is 502 g/mol. The third kappa shape index (κ3) is 6.96. The van der Waals surface area contributed by atoms with Gasteiger partial charge in [0.1, 0.15) is 16.6 Å². The minimum Gasteiger partial charge on any atom is -0.466 e. The van der Waals surface area contributed by atoms with Crippen LogP contribution >= 0.6 is 23.7 Å². The van der Waals surface area contributed by atoms with Gasteiger partial charge in [0.2, 0.25) is 0 Å². The van der Waals surface area contributed by atoms with Gasteiger partial charge in [-0.05, 0) is 50.6 Å². The van der Waals surface area contributed by atoms with Crippen molar-refractivity contribution in [3.63, 3.8) is 0 Å². The minimum atomic E-state index is -0.411. The van der Waals surface area contributed by atoms with E-state index in [2.05, 4.69) is 30.5 Å². The highest BCUT2D eigenvalue weighted by Crippen LogP contribution is 2.25. The average molecular weight is 503 g/mol. The van der Waals surface area contributed by atoms with Gasteiger partial charge >= 0.3 is 12.0 Å². The van der Waals surface area contributed by atoms with Gasteiger partial charge in [-0.25, -0.2) is 14.8 Å². The molecule has 1 saturated heterocycles. The molecule has 1 fully saturated rings. The standard InChI is InChI=1S/C23H26N6O3S.ClH/c1-2-32-22(30)17-5-4-12-29(13-17)14-18-6-3-7-19(25-18)27-23(31)28-20-15-33-21(26-20)16-8-10-24-11-9-16;/h3,6-11,15,17H,2,4-5,12-14H2,1H3,(H2,25,27,28,31);1H. The summed E-state index contributed by atoms with van der Waals surface area (Å²) in [5, 5.41) is 8.09. The number of carbonyl (C=O) groups excluding carboxylic acids is 2. The number of nitrogens with zero attached hydrogens (tertiary/aromatic N) is 4. The zero-order chi connectivity index (χ0) is 23.0. The normalized spacial score (nSPS) is 15.7. The molecule has 180 valence electrons. The summed E-state index contributed by atoms with van der Waals surface area (Å²) in [6.07, 6.45) is 5.20. The highest BCUT2D eigenvalue weighted by Gasteiger charge is 2.27. The van der Waals surface area contributed by atoms with Crippen LogP contribution in [0.4, 0.5) is 16.4 Å². The van der Waals surface area contributed by atoms with Crippen LogP contribution in [0, 0.1) is 5.92 Å². The number of ether oxygens (including phenoxy) is 1. The summed E-state index contributed by atoms with van der Waals surface area (Å²) in [6.45, 7) is 4.39. The van der Waals surface area contributed by atoms with Crippen molar-refractivity contribution in [2.45, 2.75) is 26.3 Å². The van der Waals surface area contributed by atoms with E-state index in [0.717, 1.165) is 35.7 Å². The third-order valence-corrected chi connectivity index (χ3v) is 6.12. The van der Waals surface area contributed by atoms with Crippen LogP contribution in [0.1, 0.15) is 25.5 Å². The predicted molar refractivity (Wildman–Crippen MR) is 134 cm³/mol. The van der Waals surface area contributed by atoms with Gasteiger partial charge in [0.25, 0.3) is 0 Å². The van der Waals surface area contributed by atoms with Crippen molar-refractivity contribution in [1.82, 2.24) is 19.9 Å². The quantitative estimate of drug-likeness (QED) is 0.459. The molecule has 1 aliphatic rings. The van der Waals surface area contributed by atoms with Gasteiger partial charge < -0.3 is 4.74 Å². The van der Waals surface area contributed by atoms with E-state index in [4.69, 9.17) is 4.74 Å². The number of hydrogen-bond donors (Lipinski definition) is 2. The number of esters is 1. The summed E-state index contributed by atoms with van der Waals surface area (Å²) in [5.41, 5.74) is 1.77. The molecule has 11 heteroatoms. The number of halogens is 1. The molecule has 0 aliphatic carbocycles. The van der Waals surface area contributed by atoms with Gasteiger partial charge in [0, 0.05) is 36.4 Å². The zero-order valence-corrected chi connectivity index (χ0v) is 20.4. The van der Waals surface area contributed by atoms with Gasteiger partial charge in [-0.3, -0.25) is 25.3 Å². The molecule has 1 unspecified atom stereocenters. The molecule has 34 heavy (non-hydrogen) atoms. The Morgan fingerprint density at radius 2 is 1.94 bits per heavy atom. The fourth-order valence-electron chi connectivity index (χ4n) is 3.74. The molecule has 4 heterocycles. The maximum atomic E-state index is 12.4. The fourth-order valence-corrected chi connectivity index (χ4v) is 4.50. The second-order valence-corrected chi connectivity index (χ2v) is 8.55. The number of carbonyl (C=O) groups is 2.